The Morgan fingerprint density at radius 1 is 0.625 bits per heavy atom. The first-order valence-corrected chi connectivity index (χ1v) is 15.5. The van der Waals surface area contributed by atoms with E-state index in [4.69, 9.17) is 34.7 Å². The van der Waals surface area contributed by atoms with Crippen molar-refractivity contribution in [1.29, 1.82) is 0 Å². The maximum atomic E-state index is 13.5. The number of halogens is 1. The summed E-state index contributed by atoms with van der Waals surface area (Å²) in [4.78, 5) is 22.4. The zero-order valence-electron chi connectivity index (χ0n) is 26.8. The molecule has 12 heteroatoms. The van der Waals surface area contributed by atoms with E-state index in [2.05, 4.69) is 40.8 Å². The number of carbonyl (C=O) groups is 1. The maximum absolute atomic E-state index is 13.5. The minimum absolute atomic E-state index is 0.0700. The Balaban J connectivity index is 4.94. The van der Waals surface area contributed by atoms with Gasteiger partial charge in [0.25, 0.3) is 0 Å². The number of hydrogen-bond donors (Lipinski definition) is 5. The van der Waals surface area contributed by atoms with Gasteiger partial charge in [0.2, 0.25) is 5.91 Å². The van der Waals surface area contributed by atoms with Gasteiger partial charge in [-0.3, -0.25) is 19.5 Å². The SMILES string of the molecule is CNCCN(CCN)CCN(Cl)CCN(CCN)CCN(CCN)CCN(CCN)C(=O)C(C)(C)CC(C)(C)C. The molecule has 0 aromatic rings. The van der Waals surface area contributed by atoms with Crippen molar-refractivity contribution in [3.63, 3.8) is 0 Å². The third-order valence-corrected chi connectivity index (χ3v) is 7.33. The van der Waals surface area contributed by atoms with Crippen molar-refractivity contribution in [3.8, 4) is 0 Å². The molecule has 240 valence electrons. The second kappa shape index (κ2) is 22.0. The van der Waals surface area contributed by atoms with E-state index in [1.807, 2.05) is 30.2 Å². The van der Waals surface area contributed by atoms with Gasteiger partial charge < -0.3 is 33.2 Å². The van der Waals surface area contributed by atoms with Crippen LogP contribution in [-0.4, -0.2) is 155 Å². The lowest BCUT2D eigenvalue weighted by molar-refractivity contribution is -0.142. The summed E-state index contributed by atoms with van der Waals surface area (Å²) >= 11 is 6.56. The maximum Gasteiger partial charge on any atom is 0.228 e. The smallest absolute Gasteiger partial charge is 0.228 e. The minimum Gasteiger partial charge on any atom is -0.340 e. The fourth-order valence-electron chi connectivity index (χ4n) is 5.28. The number of nitrogens with zero attached hydrogens (tertiary/aromatic N) is 5. The van der Waals surface area contributed by atoms with Crippen molar-refractivity contribution < 1.29 is 4.79 Å². The molecule has 0 heterocycles. The van der Waals surface area contributed by atoms with E-state index >= 15 is 0 Å². The van der Waals surface area contributed by atoms with Gasteiger partial charge in [0.05, 0.1) is 0 Å². The van der Waals surface area contributed by atoms with Gasteiger partial charge in [0.15, 0.2) is 0 Å². The Morgan fingerprint density at radius 3 is 1.43 bits per heavy atom. The number of nitrogens with two attached hydrogens (primary N) is 4. The van der Waals surface area contributed by atoms with Crippen LogP contribution < -0.4 is 28.3 Å². The molecule has 0 rings (SSSR count). The van der Waals surface area contributed by atoms with Crippen LogP contribution in [-0.2, 0) is 4.79 Å². The van der Waals surface area contributed by atoms with E-state index in [0.717, 1.165) is 85.0 Å². The van der Waals surface area contributed by atoms with Gasteiger partial charge in [0, 0.05) is 123 Å². The molecule has 0 fully saturated rings. The van der Waals surface area contributed by atoms with E-state index < -0.39 is 5.41 Å². The Bertz CT molecular complexity index is 635. The van der Waals surface area contributed by atoms with E-state index in [9.17, 15) is 4.79 Å². The summed E-state index contributed by atoms with van der Waals surface area (Å²) in [6, 6.07) is 0. The summed E-state index contributed by atoms with van der Waals surface area (Å²) in [7, 11) is 1.96. The first-order valence-electron chi connectivity index (χ1n) is 15.2. The second-order valence-corrected chi connectivity index (χ2v) is 13.1. The van der Waals surface area contributed by atoms with Crippen molar-refractivity contribution in [1.82, 2.24) is 29.3 Å². The summed E-state index contributed by atoms with van der Waals surface area (Å²) in [5.41, 5.74) is 23.2. The van der Waals surface area contributed by atoms with Gasteiger partial charge in [-0.25, -0.2) is 4.42 Å². The highest BCUT2D eigenvalue weighted by Gasteiger charge is 2.35. The molecule has 0 bridgehead atoms. The van der Waals surface area contributed by atoms with Crippen molar-refractivity contribution >= 4 is 17.7 Å². The minimum atomic E-state index is -0.439. The first-order chi connectivity index (χ1) is 18.8. The van der Waals surface area contributed by atoms with Crippen LogP contribution in [0.15, 0.2) is 0 Å². The van der Waals surface area contributed by atoms with E-state index in [0.29, 0.717) is 39.3 Å². The number of carbonyl (C=O) groups excluding carboxylic acids is 1. The van der Waals surface area contributed by atoms with Crippen LogP contribution in [0, 0.1) is 10.8 Å². The van der Waals surface area contributed by atoms with Crippen molar-refractivity contribution in [2.24, 2.45) is 33.8 Å². The highest BCUT2D eigenvalue weighted by atomic mass is 35.5. The van der Waals surface area contributed by atoms with Gasteiger partial charge in [-0.05, 0) is 30.7 Å². The average molecular weight is 593 g/mol. The molecular weight excluding hydrogens is 528 g/mol. The highest BCUT2D eigenvalue weighted by Crippen LogP contribution is 2.34. The van der Waals surface area contributed by atoms with Crippen LogP contribution in [0.1, 0.15) is 41.0 Å². The lowest BCUT2D eigenvalue weighted by Crippen LogP contribution is -2.49. The molecular formula is C28H65ClN10O. The fraction of sp³-hybridized carbons (Fsp3) is 0.964. The molecule has 0 aliphatic carbocycles. The molecule has 0 saturated carbocycles. The number of hydrogen-bond acceptors (Lipinski definition) is 10. The second-order valence-electron chi connectivity index (χ2n) is 12.6. The topological polar surface area (TPSA) is 149 Å². The standard InChI is InChI=1S/C28H65ClN10O/c1-27(2,3)25-28(4,5)26(40)38(15-10-33)22-19-36(13-8-31)17-18-37(14-9-32)21-24-39(29)23-20-35(12-7-30)16-11-34-6/h34H,7-25,30-33H2,1-6H3. The molecule has 0 atom stereocenters. The van der Waals surface area contributed by atoms with Gasteiger partial charge >= 0.3 is 0 Å². The Labute approximate surface area is 251 Å². The van der Waals surface area contributed by atoms with Crippen LogP contribution in [0.3, 0.4) is 0 Å². The molecule has 0 aliphatic rings. The average Bonchev–Trinajstić information content (AvgIpc) is 2.87. The van der Waals surface area contributed by atoms with Crippen LogP contribution >= 0.6 is 11.8 Å². The summed E-state index contributed by atoms with van der Waals surface area (Å²) in [6.07, 6.45) is 0.819. The van der Waals surface area contributed by atoms with Gasteiger partial charge in [-0.2, -0.15) is 0 Å². The van der Waals surface area contributed by atoms with E-state index in [1.54, 1.807) is 0 Å². The molecule has 0 aromatic carbocycles. The predicted molar refractivity (Wildman–Crippen MR) is 171 cm³/mol. The quantitative estimate of drug-likeness (QED) is 0.0894. The predicted octanol–water partition coefficient (Wildman–Crippen LogP) is -0.307. The van der Waals surface area contributed by atoms with Crippen molar-refractivity contribution in [2.45, 2.75) is 41.0 Å². The lowest BCUT2D eigenvalue weighted by Gasteiger charge is -2.37. The fourth-order valence-corrected chi connectivity index (χ4v) is 5.43. The third kappa shape index (κ3) is 18.8. The number of amides is 1. The first kappa shape index (κ1) is 39.4. The van der Waals surface area contributed by atoms with Crippen LogP contribution in [0.5, 0.6) is 0 Å². The lowest BCUT2D eigenvalue weighted by atomic mass is 9.75. The molecule has 40 heavy (non-hydrogen) atoms. The Morgan fingerprint density at radius 2 is 1.02 bits per heavy atom. The molecule has 0 radical (unpaired) electrons. The molecule has 0 spiro atoms. The summed E-state index contributed by atoms with van der Waals surface area (Å²) in [6.45, 7) is 24.1. The number of rotatable bonds is 25. The Hall–Kier alpha value is -0.600. The largest absolute Gasteiger partial charge is 0.340 e. The summed E-state index contributed by atoms with van der Waals surface area (Å²) in [5, 5.41) is 3.19. The molecule has 0 aromatic heterocycles. The van der Waals surface area contributed by atoms with Gasteiger partial charge in [0.1, 0.15) is 0 Å². The van der Waals surface area contributed by atoms with Crippen LogP contribution in [0.4, 0.5) is 0 Å². The molecule has 0 aliphatic heterocycles. The Kier molecular flexibility index (Phi) is 21.7. The molecule has 11 nitrogen and oxygen atoms in total. The molecule has 1 amide bonds. The van der Waals surface area contributed by atoms with Crippen molar-refractivity contribution in [2.75, 3.05) is 125 Å². The zero-order valence-corrected chi connectivity index (χ0v) is 27.5. The van der Waals surface area contributed by atoms with Crippen molar-refractivity contribution in [3.05, 3.63) is 0 Å². The van der Waals surface area contributed by atoms with E-state index in [-0.39, 0.29) is 11.3 Å². The summed E-state index contributed by atoms with van der Waals surface area (Å²) in [5.74, 6) is 0.170. The normalized spacial score (nSPS) is 12.9. The monoisotopic (exact) mass is 593 g/mol. The van der Waals surface area contributed by atoms with Gasteiger partial charge in [-0.1, -0.05) is 34.6 Å². The molecule has 0 unspecified atom stereocenters. The molecule has 9 N–H and O–H groups in total. The van der Waals surface area contributed by atoms with Crippen LogP contribution in [0.25, 0.3) is 0 Å². The van der Waals surface area contributed by atoms with E-state index in [1.165, 1.54) is 0 Å². The van der Waals surface area contributed by atoms with Gasteiger partial charge in [-0.15, -0.1) is 0 Å². The zero-order chi connectivity index (χ0) is 30.6. The van der Waals surface area contributed by atoms with Crippen LogP contribution in [0.2, 0.25) is 0 Å². The highest BCUT2D eigenvalue weighted by molar-refractivity contribution is 6.13. The summed E-state index contributed by atoms with van der Waals surface area (Å²) < 4.78 is 1.86. The number of likely N-dealkylation sites (N-methyl/N-ethyl adjacent to an activating group) is 1. The number of nitrogens with one attached hydrogen (secondary N) is 1. The third-order valence-electron chi connectivity index (χ3n) is 6.99. The molecule has 0 saturated heterocycles.